The Hall–Kier alpha value is -1.96. The molecule has 2 N–H and O–H groups in total. The van der Waals surface area contributed by atoms with E-state index < -0.39 is 0 Å². The summed E-state index contributed by atoms with van der Waals surface area (Å²) in [6.45, 7) is 6.32. The van der Waals surface area contributed by atoms with Gasteiger partial charge in [-0.3, -0.25) is 0 Å². The molecule has 18 heavy (non-hydrogen) atoms. The smallest absolute Gasteiger partial charge is 0.0644 e. The zero-order valence-corrected chi connectivity index (χ0v) is 11.5. The Bertz CT molecular complexity index is 573. The van der Waals surface area contributed by atoms with Crippen LogP contribution in [-0.2, 0) is 0 Å². The molecule has 2 nitrogen and oxygen atoms in total. The first-order valence-electron chi connectivity index (χ1n) is 6.16. The van der Waals surface area contributed by atoms with Crippen molar-refractivity contribution in [3.63, 3.8) is 0 Å². The highest BCUT2D eigenvalue weighted by molar-refractivity contribution is 5.76. The highest BCUT2D eigenvalue weighted by Gasteiger charge is 2.10. The van der Waals surface area contributed by atoms with Crippen LogP contribution in [0.15, 0.2) is 36.4 Å². The molecule has 0 unspecified atom stereocenters. The van der Waals surface area contributed by atoms with Gasteiger partial charge in [0.1, 0.15) is 0 Å². The molecule has 0 radical (unpaired) electrons. The highest BCUT2D eigenvalue weighted by atomic mass is 15.1. The maximum absolute atomic E-state index is 6.07. The summed E-state index contributed by atoms with van der Waals surface area (Å²) in [5.74, 6) is 0. The molecule has 0 aliphatic rings. The molecule has 0 spiro atoms. The van der Waals surface area contributed by atoms with Crippen molar-refractivity contribution >= 4 is 17.1 Å². The molecule has 0 saturated heterocycles. The van der Waals surface area contributed by atoms with Crippen molar-refractivity contribution in [1.82, 2.24) is 0 Å². The summed E-state index contributed by atoms with van der Waals surface area (Å²) >= 11 is 0. The van der Waals surface area contributed by atoms with Crippen LogP contribution in [0.4, 0.5) is 17.1 Å². The molecule has 2 rings (SSSR count). The first kappa shape index (κ1) is 12.5. The topological polar surface area (TPSA) is 29.3 Å². The third-order valence-electron chi connectivity index (χ3n) is 3.26. The van der Waals surface area contributed by atoms with Gasteiger partial charge in [-0.25, -0.2) is 0 Å². The first-order valence-corrected chi connectivity index (χ1v) is 6.16. The van der Waals surface area contributed by atoms with Gasteiger partial charge in [0.15, 0.2) is 0 Å². The van der Waals surface area contributed by atoms with Crippen LogP contribution in [-0.4, -0.2) is 7.05 Å². The van der Waals surface area contributed by atoms with Gasteiger partial charge in [-0.05, 0) is 50.1 Å². The molecule has 0 amide bonds. The largest absolute Gasteiger partial charge is 0.397 e. The summed E-state index contributed by atoms with van der Waals surface area (Å²) < 4.78 is 0. The molecule has 2 heteroatoms. The number of hydrogen-bond donors (Lipinski definition) is 1. The van der Waals surface area contributed by atoms with E-state index in [0.717, 1.165) is 11.4 Å². The van der Waals surface area contributed by atoms with Crippen molar-refractivity contribution in [3.8, 4) is 0 Å². The molecule has 0 saturated carbocycles. The Labute approximate surface area is 109 Å². The highest BCUT2D eigenvalue weighted by Crippen LogP contribution is 2.31. The number of aryl methyl sites for hydroxylation is 3. The molecule has 0 aliphatic carbocycles. The lowest BCUT2D eigenvalue weighted by Gasteiger charge is -2.24. The van der Waals surface area contributed by atoms with E-state index in [1.807, 2.05) is 12.1 Å². The summed E-state index contributed by atoms with van der Waals surface area (Å²) in [6.07, 6.45) is 0. The Kier molecular flexibility index (Phi) is 3.28. The van der Waals surface area contributed by atoms with Gasteiger partial charge in [0.25, 0.3) is 0 Å². The van der Waals surface area contributed by atoms with Crippen LogP contribution in [0.25, 0.3) is 0 Å². The zero-order chi connectivity index (χ0) is 13.3. The Morgan fingerprint density at radius 1 is 0.833 bits per heavy atom. The van der Waals surface area contributed by atoms with E-state index in [9.17, 15) is 0 Å². The van der Waals surface area contributed by atoms with Gasteiger partial charge < -0.3 is 10.6 Å². The second-order valence-corrected chi connectivity index (χ2v) is 4.91. The molecular formula is C16H20N2. The molecule has 2 aromatic carbocycles. The van der Waals surface area contributed by atoms with Crippen LogP contribution in [0.5, 0.6) is 0 Å². The minimum Gasteiger partial charge on any atom is -0.397 e. The summed E-state index contributed by atoms with van der Waals surface area (Å²) in [5, 5.41) is 0. The fraction of sp³-hybridized carbons (Fsp3) is 0.250. The standard InChI is InChI=1S/C16H20N2/c1-11-6-8-15(13(3)9-11)18(4)16-10-12(2)5-7-14(16)17/h5-10H,17H2,1-4H3. The van der Waals surface area contributed by atoms with Crippen molar-refractivity contribution in [1.29, 1.82) is 0 Å². The average molecular weight is 240 g/mol. The maximum atomic E-state index is 6.07. The maximum Gasteiger partial charge on any atom is 0.0644 e. The quantitative estimate of drug-likeness (QED) is 0.805. The van der Waals surface area contributed by atoms with E-state index >= 15 is 0 Å². The van der Waals surface area contributed by atoms with Gasteiger partial charge in [-0.15, -0.1) is 0 Å². The van der Waals surface area contributed by atoms with Crippen molar-refractivity contribution < 1.29 is 0 Å². The van der Waals surface area contributed by atoms with E-state index in [1.54, 1.807) is 0 Å². The molecule has 0 fully saturated rings. The number of hydrogen-bond acceptors (Lipinski definition) is 2. The lowest BCUT2D eigenvalue weighted by molar-refractivity contribution is 1.17. The van der Waals surface area contributed by atoms with Crippen molar-refractivity contribution in [2.45, 2.75) is 20.8 Å². The normalized spacial score (nSPS) is 10.4. The molecule has 0 aromatic heterocycles. The van der Waals surface area contributed by atoms with Crippen LogP contribution in [0.2, 0.25) is 0 Å². The molecule has 0 aliphatic heterocycles. The Balaban J connectivity index is 2.47. The SMILES string of the molecule is Cc1ccc(N(C)c2cc(C)ccc2N)c(C)c1. The van der Waals surface area contributed by atoms with Crippen LogP contribution < -0.4 is 10.6 Å². The Morgan fingerprint density at radius 3 is 2.11 bits per heavy atom. The fourth-order valence-corrected chi connectivity index (χ4v) is 2.26. The van der Waals surface area contributed by atoms with Gasteiger partial charge in [-0.2, -0.15) is 0 Å². The van der Waals surface area contributed by atoms with Crippen LogP contribution in [0, 0.1) is 20.8 Å². The summed E-state index contributed by atoms with van der Waals surface area (Å²) in [7, 11) is 2.06. The zero-order valence-electron chi connectivity index (χ0n) is 11.5. The summed E-state index contributed by atoms with van der Waals surface area (Å²) in [4.78, 5) is 2.15. The van der Waals surface area contributed by atoms with Crippen molar-refractivity contribution in [2.75, 3.05) is 17.7 Å². The van der Waals surface area contributed by atoms with E-state index in [0.29, 0.717) is 0 Å². The predicted octanol–water partition coefficient (Wildman–Crippen LogP) is 3.96. The molecule has 0 bridgehead atoms. The number of rotatable bonds is 2. The van der Waals surface area contributed by atoms with Gasteiger partial charge in [0.2, 0.25) is 0 Å². The second-order valence-electron chi connectivity index (χ2n) is 4.91. The number of nitrogen functional groups attached to an aromatic ring is 1. The fourth-order valence-electron chi connectivity index (χ4n) is 2.26. The number of nitrogens with two attached hydrogens (primary N) is 1. The second kappa shape index (κ2) is 4.73. The summed E-state index contributed by atoms with van der Waals surface area (Å²) in [5.41, 5.74) is 12.9. The van der Waals surface area contributed by atoms with Gasteiger partial charge >= 0.3 is 0 Å². The van der Waals surface area contributed by atoms with E-state index in [-0.39, 0.29) is 0 Å². The van der Waals surface area contributed by atoms with Crippen LogP contribution in [0.3, 0.4) is 0 Å². The lowest BCUT2D eigenvalue weighted by Crippen LogP contribution is -2.13. The molecular weight excluding hydrogens is 220 g/mol. The molecule has 0 heterocycles. The molecule has 94 valence electrons. The van der Waals surface area contributed by atoms with E-state index in [4.69, 9.17) is 5.73 Å². The lowest BCUT2D eigenvalue weighted by atomic mass is 10.1. The van der Waals surface area contributed by atoms with Gasteiger partial charge in [-0.1, -0.05) is 23.8 Å². The van der Waals surface area contributed by atoms with E-state index in [2.05, 4.69) is 57.0 Å². The Morgan fingerprint density at radius 2 is 1.44 bits per heavy atom. The number of anilines is 3. The summed E-state index contributed by atoms with van der Waals surface area (Å²) in [6, 6.07) is 12.6. The minimum absolute atomic E-state index is 0.808. The average Bonchev–Trinajstić information content (AvgIpc) is 2.31. The number of benzene rings is 2. The monoisotopic (exact) mass is 240 g/mol. The third-order valence-corrected chi connectivity index (χ3v) is 3.26. The van der Waals surface area contributed by atoms with Gasteiger partial charge in [0.05, 0.1) is 11.4 Å². The first-order chi connectivity index (χ1) is 8.49. The predicted molar refractivity (Wildman–Crippen MR) is 79.6 cm³/mol. The van der Waals surface area contributed by atoms with Crippen LogP contribution in [0.1, 0.15) is 16.7 Å². The molecule has 2 aromatic rings. The van der Waals surface area contributed by atoms with Crippen LogP contribution >= 0.6 is 0 Å². The van der Waals surface area contributed by atoms with Crippen molar-refractivity contribution in [2.24, 2.45) is 0 Å². The third kappa shape index (κ3) is 2.33. The molecule has 0 atom stereocenters. The minimum atomic E-state index is 0.808. The van der Waals surface area contributed by atoms with E-state index in [1.165, 1.54) is 22.4 Å². The number of nitrogens with zero attached hydrogens (tertiary/aromatic N) is 1. The van der Waals surface area contributed by atoms with Crippen molar-refractivity contribution in [3.05, 3.63) is 53.1 Å². The van der Waals surface area contributed by atoms with Gasteiger partial charge in [0, 0.05) is 12.7 Å².